The summed E-state index contributed by atoms with van der Waals surface area (Å²) in [6.07, 6.45) is -0.458. The topological polar surface area (TPSA) is 49.8 Å². The predicted octanol–water partition coefficient (Wildman–Crippen LogP) is 1.01. The number of nitrogens with two attached hydrogens (primary N) is 1. The summed E-state index contributed by atoms with van der Waals surface area (Å²) in [6.45, 7) is 0.0294. The minimum Gasteiger partial charge on any atom is -0.328 e. The molecule has 9 heavy (non-hydrogen) atoms. The van der Waals surface area contributed by atoms with Gasteiger partial charge in [-0.15, -0.1) is 12.4 Å². The Hall–Kier alpha value is -0.330. The molecule has 4 heteroatoms. The second-order valence-corrected chi connectivity index (χ2v) is 1.53. The highest BCUT2D eigenvalue weighted by molar-refractivity contribution is 5.85. The van der Waals surface area contributed by atoms with E-state index in [0.29, 0.717) is 0 Å². The fraction of sp³-hybridized carbons (Fsp3) is 0.800. The van der Waals surface area contributed by atoms with Gasteiger partial charge in [-0.25, -0.2) is 4.39 Å². The molecule has 0 amide bonds. The number of halogens is 2. The summed E-state index contributed by atoms with van der Waals surface area (Å²) in [6, 6.07) is 1.84. The van der Waals surface area contributed by atoms with Crippen LogP contribution in [0.25, 0.3) is 0 Å². The van der Waals surface area contributed by atoms with Gasteiger partial charge in [0.05, 0.1) is 6.07 Å². The smallest absolute Gasteiger partial charge is 0.113 e. The van der Waals surface area contributed by atoms with E-state index < -0.39 is 6.17 Å². The minimum atomic E-state index is -0.991. The van der Waals surface area contributed by atoms with E-state index in [1.807, 2.05) is 6.07 Å². The zero-order chi connectivity index (χ0) is 6.41. The van der Waals surface area contributed by atoms with Gasteiger partial charge in [-0.1, -0.05) is 0 Å². The lowest BCUT2D eigenvalue weighted by Crippen LogP contribution is -2.14. The third-order valence-corrected chi connectivity index (χ3v) is 0.825. The third kappa shape index (κ3) is 7.67. The van der Waals surface area contributed by atoms with Crippen molar-refractivity contribution in [1.29, 1.82) is 5.26 Å². The second-order valence-electron chi connectivity index (χ2n) is 1.53. The number of alkyl halides is 1. The first-order valence-electron chi connectivity index (χ1n) is 2.52. The summed E-state index contributed by atoms with van der Waals surface area (Å²) in [4.78, 5) is 0. The monoisotopic (exact) mass is 152 g/mol. The molecule has 0 bridgehead atoms. The van der Waals surface area contributed by atoms with Crippen molar-refractivity contribution in [2.75, 3.05) is 6.54 Å². The molecule has 0 aromatic heterocycles. The maximum atomic E-state index is 12.0. The summed E-state index contributed by atoms with van der Waals surface area (Å²) in [5, 5.41) is 7.95. The molecule has 54 valence electrons. The number of hydrogen-bond donors (Lipinski definition) is 1. The van der Waals surface area contributed by atoms with Crippen LogP contribution in [0.5, 0.6) is 0 Å². The van der Waals surface area contributed by atoms with E-state index in [4.69, 9.17) is 11.0 Å². The van der Waals surface area contributed by atoms with E-state index >= 15 is 0 Å². The third-order valence-electron chi connectivity index (χ3n) is 0.825. The highest BCUT2D eigenvalue weighted by atomic mass is 35.5. The van der Waals surface area contributed by atoms with Crippen LogP contribution in [0.3, 0.4) is 0 Å². The van der Waals surface area contributed by atoms with Gasteiger partial charge in [0, 0.05) is 13.0 Å². The van der Waals surface area contributed by atoms with Crippen LogP contribution in [0.15, 0.2) is 0 Å². The molecular weight excluding hydrogens is 143 g/mol. The average Bonchev–Trinajstić information content (AvgIpc) is 1.83. The Bertz CT molecular complexity index is 91.4. The fourth-order valence-electron chi connectivity index (χ4n) is 0.339. The quantitative estimate of drug-likeness (QED) is 0.656. The molecule has 2 N–H and O–H groups in total. The number of hydrogen-bond acceptors (Lipinski definition) is 2. The Balaban J connectivity index is 0. The molecule has 0 radical (unpaired) electrons. The normalized spacial score (nSPS) is 11.2. The van der Waals surface area contributed by atoms with Crippen LogP contribution < -0.4 is 5.73 Å². The van der Waals surface area contributed by atoms with Crippen molar-refractivity contribution in [2.45, 2.75) is 19.0 Å². The zero-order valence-electron chi connectivity index (χ0n) is 5.01. The van der Waals surface area contributed by atoms with Crippen LogP contribution in [0.1, 0.15) is 12.8 Å². The van der Waals surface area contributed by atoms with Gasteiger partial charge in [-0.05, 0) is 6.42 Å². The lowest BCUT2D eigenvalue weighted by Gasteiger charge is -1.97. The van der Waals surface area contributed by atoms with Crippen molar-refractivity contribution in [3.05, 3.63) is 0 Å². The van der Waals surface area contributed by atoms with E-state index in [1.165, 1.54) is 0 Å². The zero-order valence-corrected chi connectivity index (χ0v) is 5.83. The standard InChI is InChI=1S/C5H9FN2.ClH/c6-5(4-8)2-1-3-7;/h5H,1-2,4,8H2;1H. The molecule has 2 nitrogen and oxygen atoms in total. The molecular formula is C5H10ClFN2. The Kier molecular flexibility index (Phi) is 9.77. The number of nitrogens with zero attached hydrogens (tertiary/aromatic N) is 1. The van der Waals surface area contributed by atoms with Gasteiger partial charge >= 0.3 is 0 Å². The van der Waals surface area contributed by atoms with Gasteiger partial charge in [-0.2, -0.15) is 5.26 Å². The Morgan fingerprint density at radius 2 is 2.22 bits per heavy atom. The van der Waals surface area contributed by atoms with Gasteiger partial charge < -0.3 is 5.73 Å². The Morgan fingerprint density at radius 1 is 1.67 bits per heavy atom. The molecule has 0 aromatic carbocycles. The first-order valence-corrected chi connectivity index (χ1v) is 2.52. The van der Waals surface area contributed by atoms with E-state index in [1.54, 1.807) is 0 Å². The van der Waals surface area contributed by atoms with Crippen LogP contribution in [0, 0.1) is 11.3 Å². The number of nitriles is 1. The van der Waals surface area contributed by atoms with Crippen LogP contribution in [0.4, 0.5) is 4.39 Å². The lowest BCUT2D eigenvalue weighted by molar-refractivity contribution is 0.325. The average molecular weight is 153 g/mol. The van der Waals surface area contributed by atoms with Crippen molar-refractivity contribution in [3.8, 4) is 6.07 Å². The van der Waals surface area contributed by atoms with Crippen LogP contribution in [-0.4, -0.2) is 12.7 Å². The maximum absolute atomic E-state index is 12.0. The maximum Gasteiger partial charge on any atom is 0.113 e. The lowest BCUT2D eigenvalue weighted by atomic mass is 10.2. The molecule has 0 spiro atoms. The van der Waals surface area contributed by atoms with Gasteiger partial charge in [-0.3, -0.25) is 0 Å². The molecule has 0 aliphatic heterocycles. The van der Waals surface area contributed by atoms with Crippen molar-refractivity contribution in [3.63, 3.8) is 0 Å². The fourth-order valence-corrected chi connectivity index (χ4v) is 0.339. The van der Waals surface area contributed by atoms with Gasteiger partial charge in [0.2, 0.25) is 0 Å². The van der Waals surface area contributed by atoms with Crippen molar-refractivity contribution < 1.29 is 4.39 Å². The SMILES string of the molecule is Cl.N#CCCC(F)CN. The van der Waals surface area contributed by atoms with Crippen LogP contribution in [-0.2, 0) is 0 Å². The van der Waals surface area contributed by atoms with Crippen molar-refractivity contribution in [2.24, 2.45) is 5.73 Å². The summed E-state index contributed by atoms with van der Waals surface area (Å²) in [5.41, 5.74) is 4.93. The molecule has 0 saturated heterocycles. The summed E-state index contributed by atoms with van der Waals surface area (Å²) in [7, 11) is 0. The Labute approximate surface area is 60.3 Å². The predicted molar refractivity (Wildman–Crippen MR) is 36.0 cm³/mol. The summed E-state index contributed by atoms with van der Waals surface area (Å²) in [5.74, 6) is 0. The highest BCUT2D eigenvalue weighted by Gasteiger charge is 2.00. The molecule has 0 rings (SSSR count). The van der Waals surface area contributed by atoms with E-state index in [0.717, 1.165) is 0 Å². The molecule has 0 heterocycles. The van der Waals surface area contributed by atoms with Crippen molar-refractivity contribution >= 4 is 12.4 Å². The van der Waals surface area contributed by atoms with E-state index in [2.05, 4.69) is 0 Å². The molecule has 0 aliphatic rings. The highest BCUT2D eigenvalue weighted by Crippen LogP contribution is 1.97. The van der Waals surface area contributed by atoms with Gasteiger partial charge in [0.1, 0.15) is 6.17 Å². The molecule has 0 fully saturated rings. The van der Waals surface area contributed by atoms with E-state index in [9.17, 15) is 4.39 Å². The Morgan fingerprint density at radius 3 is 2.56 bits per heavy atom. The molecule has 0 aromatic rings. The molecule has 1 unspecified atom stereocenters. The largest absolute Gasteiger partial charge is 0.328 e. The summed E-state index contributed by atoms with van der Waals surface area (Å²) < 4.78 is 12.0. The molecule has 0 aliphatic carbocycles. The summed E-state index contributed by atoms with van der Waals surface area (Å²) >= 11 is 0. The molecule has 1 atom stereocenters. The second kappa shape index (κ2) is 7.67. The van der Waals surface area contributed by atoms with Crippen LogP contribution >= 0.6 is 12.4 Å². The van der Waals surface area contributed by atoms with E-state index in [-0.39, 0.29) is 31.8 Å². The molecule has 0 saturated carbocycles. The van der Waals surface area contributed by atoms with Gasteiger partial charge in [0.15, 0.2) is 0 Å². The first kappa shape index (κ1) is 11.5. The van der Waals surface area contributed by atoms with Crippen molar-refractivity contribution in [1.82, 2.24) is 0 Å². The first-order chi connectivity index (χ1) is 3.81. The van der Waals surface area contributed by atoms with Gasteiger partial charge in [0.25, 0.3) is 0 Å². The minimum absolute atomic E-state index is 0. The number of rotatable bonds is 3. The van der Waals surface area contributed by atoms with Crippen LogP contribution in [0.2, 0.25) is 0 Å².